The predicted octanol–water partition coefficient (Wildman–Crippen LogP) is 6.99. The molecule has 0 unspecified atom stereocenters. The van der Waals surface area contributed by atoms with Crippen LogP contribution in [0.2, 0.25) is 0 Å². The highest BCUT2D eigenvalue weighted by molar-refractivity contribution is 7.92. The molecule has 1 amide bonds. The van der Waals surface area contributed by atoms with Gasteiger partial charge in [0, 0.05) is 47.7 Å². The van der Waals surface area contributed by atoms with E-state index >= 15 is 8.78 Å². The molecule has 1 saturated carbocycles. The van der Waals surface area contributed by atoms with E-state index in [9.17, 15) is 40.3 Å². The number of rotatable bonds is 13. The third kappa shape index (κ3) is 7.75. The molecule has 6 aromatic rings. The minimum absolute atomic E-state index is 0.0159. The van der Waals surface area contributed by atoms with Crippen molar-refractivity contribution in [3.63, 3.8) is 0 Å². The van der Waals surface area contributed by atoms with Gasteiger partial charge in [-0.2, -0.15) is 32.1 Å². The van der Waals surface area contributed by atoms with Gasteiger partial charge in [-0.3, -0.25) is 18.9 Å². The van der Waals surface area contributed by atoms with Crippen molar-refractivity contribution in [3.8, 4) is 11.1 Å². The molecule has 13 nitrogen and oxygen atoms in total. The number of fused-ring (bicyclic) bond motifs is 5. The summed E-state index contributed by atoms with van der Waals surface area (Å²) in [5.74, 6) is -9.27. The molecule has 0 spiro atoms. The van der Waals surface area contributed by atoms with Gasteiger partial charge >= 0.3 is 6.18 Å². The molecular formula is C38H36F7N9O4S2. The van der Waals surface area contributed by atoms with E-state index in [0.717, 1.165) is 23.5 Å². The fraction of sp³-hybridized carbons (Fsp3) is 0.395. The van der Waals surface area contributed by atoms with Crippen LogP contribution in [0, 0.1) is 17.6 Å². The average molecular weight is 880 g/mol. The summed E-state index contributed by atoms with van der Waals surface area (Å²) in [5.41, 5.74) is -2.95. The Kier molecular flexibility index (Phi) is 9.93. The number of hydrogen-bond acceptors (Lipinski definition) is 10. The zero-order chi connectivity index (χ0) is 43.3. The maximum Gasteiger partial charge on any atom is 0.435 e. The van der Waals surface area contributed by atoms with Gasteiger partial charge in [0.05, 0.1) is 33.3 Å². The number of pyridine rings is 1. The monoisotopic (exact) mass is 879 g/mol. The summed E-state index contributed by atoms with van der Waals surface area (Å²) in [6.45, 7) is 3.64. The number of para-hydroxylation sites is 1. The number of hydrogen-bond donors (Lipinski definition) is 4. The zero-order valence-corrected chi connectivity index (χ0v) is 33.8. The fourth-order valence-corrected chi connectivity index (χ4v) is 9.16. The fourth-order valence-electron chi connectivity index (χ4n) is 7.72. The van der Waals surface area contributed by atoms with Gasteiger partial charge in [0.2, 0.25) is 15.9 Å². The summed E-state index contributed by atoms with van der Waals surface area (Å²) < 4.78 is 132. The second-order valence-corrected chi connectivity index (χ2v) is 18.6. The van der Waals surface area contributed by atoms with Crippen molar-refractivity contribution >= 4 is 59.5 Å². The molecular weight excluding hydrogens is 844 g/mol. The van der Waals surface area contributed by atoms with Gasteiger partial charge in [-0.15, -0.1) is 0 Å². The lowest BCUT2D eigenvalue weighted by atomic mass is 9.94. The van der Waals surface area contributed by atoms with Crippen LogP contribution in [0.15, 0.2) is 42.5 Å². The Morgan fingerprint density at radius 2 is 1.78 bits per heavy atom. The van der Waals surface area contributed by atoms with Crippen LogP contribution in [0.5, 0.6) is 0 Å². The van der Waals surface area contributed by atoms with E-state index in [2.05, 4.69) is 30.5 Å². The van der Waals surface area contributed by atoms with Crippen molar-refractivity contribution < 1.29 is 49.1 Å². The van der Waals surface area contributed by atoms with Crippen LogP contribution >= 0.6 is 11.3 Å². The van der Waals surface area contributed by atoms with Gasteiger partial charge in [0.1, 0.15) is 23.9 Å². The van der Waals surface area contributed by atoms with Gasteiger partial charge in [0.25, 0.3) is 5.92 Å². The lowest BCUT2D eigenvalue weighted by Gasteiger charge is -2.23. The summed E-state index contributed by atoms with van der Waals surface area (Å²) in [6, 6.07) is 7.91. The number of anilines is 2. The summed E-state index contributed by atoms with van der Waals surface area (Å²) in [4.78, 5) is 23.4. The van der Waals surface area contributed by atoms with Crippen LogP contribution < -0.4 is 15.4 Å². The van der Waals surface area contributed by atoms with Crippen molar-refractivity contribution in [1.82, 2.24) is 34.8 Å². The number of halogens is 7. The maximum absolute atomic E-state index is 15.4. The molecule has 2 aliphatic carbocycles. The van der Waals surface area contributed by atoms with Gasteiger partial charge in [-0.05, 0) is 69.4 Å². The van der Waals surface area contributed by atoms with Crippen molar-refractivity contribution in [3.05, 3.63) is 82.3 Å². The van der Waals surface area contributed by atoms with Crippen molar-refractivity contribution in [2.45, 2.75) is 69.8 Å². The quantitative estimate of drug-likeness (QED) is 0.0894. The number of sulfonamides is 1. The molecule has 0 bridgehead atoms. The molecule has 0 saturated heterocycles. The Labute approximate surface area is 341 Å². The van der Waals surface area contributed by atoms with E-state index in [4.69, 9.17) is 4.98 Å². The van der Waals surface area contributed by atoms with Gasteiger partial charge in [-0.1, -0.05) is 23.5 Å². The molecule has 2 aromatic carbocycles. The van der Waals surface area contributed by atoms with E-state index < -0.39 is 86.6 Å². The number of carbonyl (C=O) groups excluding carboxylic acids is 1. The zero-order valence-electron chi connectivity index (χ0n) is 32.1. The molecule has 4 heterocycles. The largest absolute Gasteiger partial charge is 0.435 e. The summed E-state index contributed by atoms with van der Waals surface area (Å²) >= 11 is 1.16. The Bertz CT molecular complexity index is 2790. The van der Waals surface area contributed by atoms with Gasteiger partial charge < -0.3 is 15.7 Å². The summed E-state index contributed by atoms with van der Waals surface area (Å²) in [7, 11) is -2.22. The third-order valence-electron chi connectivity index (χ3n) is 10.4. The molecule has 8 rings (SSSR count). The van der Waals surface area contributed by atoms with E-state index in [1.165, 1.54) is 11.6 Å². The van der Waals surface area contributed by atoms with Crippen LogP contribution in [-0.4, -0.2) is 66.9 Å². The predicted molar refractivity (Wildman–Crippen MR) is 208 cm³/mol. The Balaban J connectivity index is 1.28. The second-order valence-electron chi connectivity index (χ2n) is 15.5. The lowest BCUT2D eigenvalue weighted by Crippen LogP contribution is -2.35. The first-order valence-electron chi connectivity index (χ1n) is 18.6. The van der Waals surface area contributed by atoms with Crippen LogP contribution in [0.4, 0.5) is 41.7 Å². The highest BCUT2D eigenvalue weighted by Gasteiger charge is 2.68. The molecule has 0 aliphatic heterocycles. The molecule has 4 aromatic heterocycles. The number of carbonyl (C=O) groups is 1. The van der Waals surface area contributed by atoms with Gasteiger partial charge in [-0.25, -0.2) is 27.2 Å². The first kappa shape index (κ1) is 41.4. The SMILES string of the molecule is CCS(=O)(=O)Nc1nn(C)c2c(-c3cc4sc(NCC(C)(C)O)nc4nc3[C@H](Cc3cc(F)cc(F)c3)NC(=O)Cn3nc(C(F)(F)F)c4c3C(F)(F)[C@@H]3C[C@H]43)cccc12. The number of thiazole rings is 1. The second kappa shape index (κ2) is 14.4. The number of nitrogens with zero attached hydrogens (tertiary/aromatic N) is 6. The highest BCUT2D eigenvalue weighted by atomic mass is 32.2. The van der Waals surface area contributed by atoms with E-state index in [-0.39, 0.29) is 47.9 Å². The molecule has 2 aliphatic rings. The van der Waals surface area contributed by atoms with Crippen LogP contribution in [0.3, 0.4) is 0 Å². The topological polar surface area (TPSA) is 169 Å². The minimum Gasteiger partial charge on any atom is -0.389 e. The molecule has 60 heavy (non-hydrogen) atoms. The van der Waals surface area contributed by atoms with E-state index in [0.29, 0.717) is 42.6 Å². The average Bonchev–Trinajstić information content (AvgIpc) is 3.42. The van der Waals surface area contributed by atoms with Gasteiger partial charge in [0.15, 0.2) is 22.3 Å². The number of nitrogens with one attached hydrogen (secondary N) is 3. The Morgan fingerprint density at radius 1 is 1.07 bits per heavy atom. The summed E-state index contributed by atoms with van der Waals surface area (Å²) in [6.07, 6.45) is -5.59. The standard InChI is InChI=1S/C38H36F7N9O4S2/c1-5-60(57,58)52-33-21-8-6-7-20(30(21)53(4)51-33)22-14-26-34(49-35(59-26)46-16-36(2,3)56)48-29(22)25(11-17-9-18(39)12-19(40)10-17)47-27(55)15-54-32-28(31(50-54)38(43,44)45)23-13-24(23)37(32,41)42/h6-10,12,14,23-25,56H,5,11,13,15-16H2,1-4H3,(H,47,55)(H,51,52)(H,46,48,49)/t23-,24+,25-/m0/s1. The lowest BCUT2D eigenvalue weighted by molar-refractivity contribution is -0.142. The van der Waals surface area contributed by atoms with Crippen molar-refractivity contribution in [2.24, 2.45) is 13.0 Å². The van der Waals surface area contributed by atoms with Crippen LogP contribution in [0.25, 0.3) is 32.4 Å². The normalized spacial score (nSPS) is 17.8. The highest BCUT2D eigenvalue weighted by Crippen LogP contribution is 2.68. The number of benzene rings is 2. The van der Waals surface area contributed by atoms with E-state index in [1.807, 2.05) is 0 Å². The molecule has 4 N–H and O–H groups in total. The number of aliphatic hydroxyl groups is 1. The van der Waals surface area contributed by atoms with E-state index in [1.54, 1.807) is 45.2 Å². The number of aryl methyl sites for hydroxylation is 1. The number of amides is 1. The minimum atomic E-state index is -5.07. The van der Waals surface area contributed by atoms with Crippen molar-refractivity contribution in [1.29, 1.82) is 0 Å². The Hall–Kier alpha value is -5.35. The molecule has 1 fully saturated rings. The first-order valence-corrected chi connectivity index (χ1v) is 21.0. The molecule has 318 valence electrons. The first-order chi connectivity index (χ1) is 28.0. The smallest absolute Gasteiger partial charge is 0.389 e. The van der Waals surface area contributed by atoms with Crippen LogP contribution in [-0.2, 0) is 46.9 Å². The number of aromatic nitrogens is 6. The Morgan fingerprint density at radius 3 is 2.45 bits per heavy atom. The van der Waals surface area contributed by atoms with Crippen molar-refractivity contribution in [2.75, 3.05) is 22.3 Å². The molecule has 3 atom stereocenters. The maximum atomic E-state index is 15.4. The molecule has 0 radical (unpaired) electrons. The van der Waals surface area contributed by atoms with Crippen LogP contribution in [0.1, 0.15) is 67.4 Å². The third-order valence-corrected chi connectivity index (χ3v) is 12.6. The number of alkyl halides is 5. The summed E-state index contributed by atoms with van der Waals surface area (Å²) in [5, 5.41) is 24.6. The molecule has 22 heteroatoms.